The molecule has 0 aromatic heterocycles. The third kappa shape index (κ3) is 4.70. The maximum atomic E-state index is 12.1. The molecule has 0 saturated carbocycles. The lowest BCUT2D eigenvalue weighted by molar-refractivity contribution is 0.0693. The van der Waals surface area contributed by atoms with Crippen LogP contribution in [0.2, 0.25) is 0 Å². The summed E-state index contributed by atoms with van der Waals surface area (Å²) in [6, 6.07) is 8.81. The van der Waals surface area contributed by atoms with Crippen molar-refractivity contribution in [3.05, 3.63) is 59.2 Å². The minimum absolute atomic E-state index is 0.0447. The number of aryl methyl sites for hydroxylation is 1. The van der Waals surface area contributed by atoms with Gasteiger partial charge in [0.15, 0.2) is 0 Å². The largest absolute Gasteiger partial charge is 0.507 e. The number of aromatic carboxylic acids is 1. The fourth-order valence-corrected chi connectivity index (χ4v) is 2.91. The van der Waals surface area contributed by atoms with E-state index in [-0.39, 0.29) is 17.0 Å². The van der Waals surface area contributed by atoms with E-state index in [0.717, 1.165) is 5.56 Å². The number of aromatic hydroxyl groups is 1. The van der Waals surface area contributed by atoms with Gasteiger partial charge in [-0.2, -0.15) is 0 Å². The van der Waals surface area contributed by atoms with Crippen molar-refractivity contribution in [1.82, 2.24) is 10.0 Å². The summed E-state index contributed by atoms with van der Waals surface area (Å²) in [4.78, 5) is 22.5. The first-order chi connectivity index (χ1) is 11.7. The molecule has 132 valence electrons. The Labute approximate surface area is 144 Å². The Bertz CT molecular complexity index is 907. The van der Waals surface area contributed by atoms with Crippen molar-refractivity contribution in [1.29, 1.82) is 0 Å². The standard InChI is InChI=1S/C16H16N2O6S/c1-10-2-5-12(6-3-10)25(23,24)18-16(22)17-9-11-4-7-13(15(20)21)14(19)8-11/h2-8,19H,9H2,1H3,(H,20,21)(H2,17,18,22). The third-order valence-electron chi connectivity index (χ3n) is 3.30. The minimum Gasteiger partial charge on any atom is -0.507 e. The van der Waals surface area contributed by atoms with Crippen molar-refractivity contribution in [2.45, 2.75) is 18.4 Å². The van der Waals surface area contributed by atoms with Crippen molar-refractivity contribution in [3.8, 4) is 5.75 Å². The van der Waals surface area contributed by atoms with Crippen molar-refractivity contribution >= 4 is 22.0 Å². The molecule has 0 radical (unpaired) electrons. The molecule has 2 rings (SSSR count). The zero-order chi connectivity index (χ0) is 18.6. The van der Waals surface area contributed by atoms with Gasteiger partial charge in [-0.1, -0.05) is 23.8 Å². The van der Waals surface area contributed by atoms with Crippen LogP contribution >= 0.6 is 0 Å². The lowest BCUT2D eigenvalue weighted by Crippen LogP contribution is -2.39. The van der Waals surface area contributed by atoms with Crippen LogP contribution in [0.4, 0.5) is 4.79 Å². The van der Waals surface area contributed by atoms with Crippen LogP contribution in [-0.4, -0.2) is 30.6 Å². The molecular formula is C16H16N2O6S. The molecule has 0 bridgehead atoms. The highest BCUT2D eigenvalue weighted by Crippen LogP contribution is 2.18. The van der Waals surface area contributed by atoms with Crippen molar-refractivity contribution in [2.75, 3.05) is 0 Å². The number of carboxylic acids is 1. The number of carboxylic acid groups (broad SMARTS) is 1. The van der Waals surface area contributed by atoms with Crippen LogP contribution in [0.5, 0.6) is 5.75 Å². The second-order valence-electron chi connectivity index (χ2n) is 5.26. The van der Waals surface area contributed by atoms with Gasteiger partial charge < -0.3 is 15.5 Å². The van der Waals surface area contributed by atoms with Crippen LogP contribution in [0.15, 0.2) is 47.4 Å². The Balaban J connectivity index is 2.00. The van der Waals surface area contributed by atoms with Gasteiger partial charge in [-0.3, -0.25) is 0 Å². The average molecular weight is 364 g/mol. The zero-order valence-corrected chi connectivity index (χ0v) is 14.0. The van der Waals surface area contributed by atoms with Crippen LogP contribution in [0.3, 0.4) is 0 Å². The summed E-state index contributed by atoms with van der Waals surface area (Å²) >= 11 is 0. The quantitative estimate of drug-likeness (QED) is 0.637. The van der Waals surface area contributed by atoms with Gasteiger partial charge in [0.2, 0.25) is 0 Å². The van der Waals surface area contributed by atoms with Gasteiger partial charge in [-0.05, 0) is 36.8 Å². The monoisotopic (exact) mass is 364 g/mol. The molecule has 0 fully saturated rings. The molecule has 8 nitrogen and oxygen atoms in total. The number of hydrogen-bond acceptors (Lipinski definition) is 5. The van der Waals surface area contributed by atoms with Gasteiger partial charge >= 0.3 is 12.0 Å². The first-order valence-electron chi connectivity index (χ1n) is 7.11. The first kappa shape index (κ1) is 18.3. The van der Waals surface area contributed by atoms with Crippen molar-refractivity contribution in [3.63, 3.8) is 0 Å². The van der Waals surface area contributed by atoms with E-state index in [1.807, 2.05) is 11.6 Å². The molecule has 0 saturated heterocycles. The molecule has 2 aromatic rings. The summed E-state index contributed by atoms with van der Waals surface area (Å²) in [7, 11) is -4.00. The average Bonchev–Trinajstić information content (AvgIpc) is 2.52. The predicted octanol–water partition coefficient (Wildman–Crippen LogP) is 1.59. The SMILES string of the molecule is Cc1ccc(S(=O)(=O)NC(=O)NCc2ccc(C(=O)O)c(O)c2)cc1. The summed E-state index contributed by atoms with van der Waals surface area (Å²) in [6.45, 7) is 1.71. The highest BCUT2D eigenvalue weighted by molar-refractivity contribution is 7.90. The topological polar surface area (TPSA) is 133 Å². The number of nitrogens with one attached hydrogen (secondary N) is 2. The Kier molecular flexibility index (Phi) is 5.28. The van der Waals surface area contributed by atoms with Gasteiger partial charge in [-0.25, -0.2) is 22.7 Å². The second-order valence-corrected chi connectivity index (χ2v) is 6.94. The number of benzene rings is 2. The fourth-order valence-electron chi connectivity index (χ4n) is 1.98. The Morgan fingerprint density at radius 2 is 1.72 bits per heavy atom. The molecule has 0 spiro atoms. The van der Waals surface area contributed by atoms with Gasteiger partial charge in [0, 0.05) is 6.54 Å². The van der Waals surface area contributed by atoms with E-state index in [0.29, 0.717) is 5.56 Å². The smallest absolute Gasteiger partial charge is 0.339 e. The summed E-state index contributed by atoms with van der Waals surface area (Å²) in [5.41, 5.74) is 1.02. The van der Waals surface area contributed by atoms with E-state index >= 15 is 0 Å². The molecule has 2 aromatic carbocycles. The van der Waals surface area contributed by atoms with Crippen molar-refractivity contribution < 1.29 is 28.2 Å². The number of carbonyl (C=O) groups is 2. The van der Waals surface area contributed by atoms with Gasteiger partial charge in [0.1, 0.15) is 11.3 Å². The number of amides is 2. The zero-order valence-electron chi connectivity index (χ0n) is 13.2. The molecule has 2 amide bonds. The number of phenols is 1. The summed E-state index contributed by atoms with van der Waals surface area (Å²) in [5, 5.41) is 20.7. The van der Waals surface area contributed by atoms with Crippen LogP contribution in [0, 0.1) is 6.92 Å². The lowest BCUT2D eigenvalue weighted by Gasteiger charge is -2.09. The van der Waals surface area contributed by atoms with Crippen molar-refractivity contribution in [2.24, 2.45) is 0 Å². The molecule has 0 aliphatic heterocycles. The molecule has 9 heteroatoms. The number of urea groups is 1. The maximum Gasteiger partial charge on any atom is 0.339 e. The minimum atomic E-state index is -4.00. The highest BCUT2D eigenvalue weighted by atomic mass is 32.2. The number of hydrogen-bond donors (Lipinski definition) is 4. The van der Waals surface area contributed by atoms with E-state index in [1.54, 1.807) is 12.1 Å². The molecule has 0 aliphatic rings. The molecule has 0 aliphatic carbocycles. The maximum absolute atomic E-state index is 12.1. The summed E-state index contributed by atoms with van der Waals surface area (Å²) in [6.07, 6.45) is 0. The van der Waals surface area contributed by atoms with Crippen LogP contribution in [-0.2, 0) is 16.6 Å². The van der Waals surface area contributed by atoms with E-state index in [9.17, 15) is 23.1 Å². The summed E-state index contributed by atoms with van der Waals surface area (Å²) < 4.78 is 26.0. The van der Waals surface area contributed by atoms with Crippen LogP contribution in [0.25, 0.3) is 0 Å². The van der Waals surface area contributed by atoms with E-state index in [4.69, 9.17) is 5.11 Å². The van der Waals surface area contributed by atoms with Gasteiger partial charge in [0.25, 0.3) is 10.0 Å². The first-order valence-corrected chi connectivity index (χ1v) is 8.60. The fraction of sp³-hybridized carbons (Fsp3) is 0.125. The molecule has 0 unspecified atom stereocenters. The van der Waals surface area contributed by atoms with Gasteiger partial charge in [-0.15, -0.1) is 0 Å². The molecule has 25 heavy (non-hydrogen) atoms. The molecular weight excluding hydrogens is 348 g/mol. The van der Waals surface area contributed by atoms with Gasteiger partial charge in [0.05, 0.1) is 4.90 Å². The van der Waals surface area contributed by atoms with Crippen LogP contribution in [0.1, 0.15) is 21.5 Å². The normalized spacial score (nSPS) is 10.9. The Morgan fingerprint density at radius 3 is 2.28 bits per heavy atom. The molecule has 0 atom stereocenters. The molecule has 0 heterocycles. The molecule has 4 N–H and O–H groups in total. The van der Waals surface area contributed by atoms with Crippen LogP contribution < -0.4 is 10.0 Å². The second kappa shape index (κ2) is 7.22. The lowest BCUT2D eigenvalue weighted by atomic mass is 10.1. The van der Waals surface area contributed by atoms with E-state index < -0.39 is 27.8 Å². The third-order valence-corrected chi connectivity index (χ3v) is 4.65. The number of carbonyl (C=O) groups excluding carboxylic acids is 1. The highest BCUT2D eigenvalue weighted by Gasteiger charge is 2.17. The number of rotatable bonds is 5. The Hall–Kier alpha value is -3.07. The summed E-state index contributed by atoms with van der Waals surface area (Å²) in [5.74, 6) is -1.72. The predicted molar refractivity (Wildman–Crippen MR) is 88.8 cm³/mol. The Morgan fingerprint density at radius 1 is 1.08 bits per heavy atom. The number of sulfonamides is 1. The van der Waals surface area contributed by atoms with E-state index in [2.05, 4.69) is 5.32 Å². The van der Waals surface area contributed by atoms with E-state index in [1.165, 1.54) is 30.3 Å².